The lowest BCUT2D eigenvalue weighted by Crippen LogP contribution is -1.70. The van der Waals surface area contributed by atoms with Crippen molar-refractivity contribution < 1.29 is 0 Å². The molecule has 0 saturated carbocycles. The van der Waals surface area contributed by atoms with E-state index in [1.54, 1.807) is 23.5 Å². The Morgan fingerprint density at radius 3 is 1.50 bits per heavy atom. The summed E-state index contributed by atoms with van der Waals surface area (Å²) in [7, 11) is 0. The zero-order valence-corrected chi connectivity index (χ0v) is 18.5. The van der Waals surface area contributed by atoms with E-state index in [1.165, 1.54) is 29.7 Å². The van der Waals surface area contributed by atoms with Crippen LogP contribution in [0, 0.1) is 0 Å². The molecule has 3 aliphatic rings. The van der Waals surface area contributed by atoms with E-state index in [9.17, 15) is 0 Å². The maximum absolute atomic E-state index is 4.32. The van der Waals surface area contributed by atoms with E-state index in [0.717, 1.165) is 4.24 Å². The van der Waals surface area contributed by atoms with Crippen molar-refractivity contribution in [3.63, 3.8) is 0 Å². The summed E-state index contributed by atoms with van der Waals surface area (Å²) in [4.78, 5) is 0. The third kappa shape index (κ3) is 3.59. The van der Waals surface area contributed by atoms with Crippen molar-refractivity contribution in [1.29, 1.82) is 0 Å². The molecule has 108 valence electrons. The SMILES string of the molecule is CSC1=C(SC)SC(=C2SC3=C(SC(=C(S)S)S3)S2)S1. The van der Waals surface area contributed by atoms with Gasteiger partial charge in [0.2, 0.25) is 0 Å². The van der Waals surface area contributed by atoms with Crippen molar-refractivity contribution in [3.05, 3.63) is 33.9 Å². The van der Waals surface area contributed by atoms with Crippen LogP contribution in [-0.2, 0) is 0 Å². The fourth-order valence-electron chi connectivity index (χ4n) is 1.37. The minimum Gasteiger partial charge on any atom is -0.135 e. The highest BCUT2D eigenvalue weighted by atomic mass is 32.3. The first-order valence-electron chi connectivity index (χ1n) is 5.12. The van der Waals surface area contributed by atoms with Crippen LogP contribution in [0.5, 0.6) is 0 Å². The third-order valence-corrected chi connectivity index (χ3v) is 14.6. The Morgan fingerprint density at radius 1 is 0.700 bits per heavy atom. The quantitative estimate of drug-likeness (QED) is 0.411. The second-order valence-electron chi connectivity index (χ2n) is 3.36. The summed E-state index contributed by atoms with van der Waals surface area (Å²) in [6.45, 7) is 0. The Balaban J connectivity index is 1.73. The summed E-state index contributed by atoms with van der Waals surface area (Å²) in [5.41, 5.74) is 0. The molecule has 3 heterocycles. The molecular formula is C10H8S10. The Bertz CT molecular complexity index is 537. The maximum atomic E-state index is 4.32. The van der Waals surface area contributed by atoms with E-state index in [2.05, 4.69) is 37.8 Å². The lowest BCUT2D eigenvalue weighted by molar-refractivity contribution is 2.30. The Hall–Kier alpha value is 2.46. The third-order valence-electron chi connectivity index (χ3n) is 2.17. The summed E-state index contributed by atoms with van der Waals surface area (Å²) in [6, 6.07) is 0. The van der Waals surface area contributed by atoms with Gasteiger partial charge in [-0.05, 0) is 12.5 Å². The topological polar surface area (TPSA) is 0 Å². The maximum Gasteiger partial charge on any atom is 0.0718 e. The van der Waals surface area contributed by atoms with Gasteiger partial charge in [-0.15, -0.1) is 48.8 Å². The zero-order valence-electron chi connectivity index (χ0n) is 10.2. The number of hydrogen-bond acceptors (Lipinski definition) is 10. The van der Waals surface area contributed by atoms with Gasteiger partial charge in [-0.2, -0.15) is 0 Å². The highest BCUT2D eigenvalue weighted by molar-refractivity contribution is 8.50. The van der Waals surface area contributed by atoms with E-state index >= 15 is 0 Å². The monoisotopic (exact) mass is 448 g/mol. The van der Waals surface area contributed by atoms with Gasteiger partial charge in [0.05, 0.1) is 33.9 Å². The molecule has 0 aromatic rings. The average molecular weight is 449 g/mol. The largest absolute Gasteiger partial charge is 0.135 e. The van der Waals surface area contributed by atoms with Crippen LogP contribution in [0.15, 0.2) is 33.9 Å². The molecule has 3 rings (SSSR count). The van der Waals surface area contributed by atoms with Crippen LogP contribution in [0.1, 0.15) is 0 Å². The van der Waals surface area contributed by atoms with E-state index in [-0.39, 0.29) is 0 Å². The van der Waals surface area contributed by atoms with Gasteiger partial charge in [0.25, 0.3) is 0 Å². The summed E-state index contributed by atoms with van der Waals surface area (Å²) < 4.78 is 10.5. The molecule has 3 aliphatic heterocycles. The molecule has 0 nitrogen and oxygen atoms in total. The molecule has 0 aromatic carbocycles. The second kappa shape index (κ2) is 7.57. The van der Waals surface area contributed by atoms with Gasteiger partial charge in [0.15, 0.2) is 0 Å². The van der Waals surface area contributed by atoms with Crippen LogP contribution in [0.4, 0.5) is 0 Å². The fourth-order valence-corrected chi connectivity index (χ4v) is 13.2. The standard InChI is InChI=1S/C10H8S10/c1-13-5-6(14-2)18-9(17-5)10-19-7-8(20-10)16-4(15-7)3(11)12/h11-12H,1-2H3. The molecule has 0 aromatic heterocycles. The predicted octanol–water partition coefficient (Wildman–Crippen LogP) is 7.52. The molecule has 0 bridgehead atoms. The van der Waals surface area contributed by atoms with Crippen molar-refractivity contribution in [3.8, 4) is 0 Å². The van der Waals surface area contributed by atoms with E-state index in [1.807, 2.05) is 70.6 Å². The second-order valence-corrected chi connectivity index (χ2v) is 14.2. The highest BCUT2D eigenvalue weighted by Crippen LogP contribution is 2.71. The molecular weight excluding hydrogens is 441 g/mol. The molecule has 0 N–H and O–H groups in total. The lowest BCUT2D eigenvalue weighted by atomic mass is 11.2. The van der Waals surface area contributed by atoms with E-state index in [4.69, 9.17) is 0 Å². The summed E-state index contributed by atoms with van der Waals surface area (Å²) >= 11 is 23.6. The Kier molecular flexibility index (Phi) is 6.54. The number of hydrogen-bond donors (Lipinski definition) is 2. The molecule has 0 unspecified atom stereocenters. The molecule has 0 atom stereocenters. The van der Waals surface area contributed by atoms with Crippen LogP contribution in [0.2, 0.25) is 0 Å². The minimum absolute atomic E-state index is 0.824. The van der Waals surface area contributed by atoms with E-state index in [0.29, 0.717) is 0 Å². The predicted molar refractivity (Wildman–Crippen MR) is 119 cm³/mol. The minimum atomic E-state index is 0.824. The van der Waals surface area contributed by atoms with Crippen molar-refractivity contribution >= 4 is 119 Å². The van der Waals surface area contributed by atoms with Crippen LogP contribution >= 0.6 is 119 Å². The van der Waals surface area contributed by atoms with Crippen LogP contribution in [0.25, 0.3) is 0 Å². The first-order chi connectivity index (χ1) is 9.62. The number of rotatable bonds is 2. The fraction of sp³-hybridized carbons (Fsp3) is 0.200. The van der Waals surface area contributed by atoms with Crippen LogP contribution in [0.3, 0.4) is 0 Å². The first kappa shape index (κ1) is 17.3. The highest BCUT2D eigenvalue weighted by Gasteiger charge is 2.34. The summed E-state index contributed by atoms with van der Waals surface area (Å²) in [5, 5.41) is 0. The van der Waals surface area contributed by atoms with Crippen molar-refractivity contribution in [1.82, 2.24) is 0 Å². The van der Waals surface area contributed by atoms with Gasteiger partial charge in [-0.3, -0.25) is 0 Å². The van der Waals surface area contributed by atoms with Crippen molar-refractivity contribution in [2.75, 3.05) is 12.5 Å². The van der Waals surface area contributed by atoms with E-state index < -0.39 is 0 Å². The van der Waals surface area contributed by atoms with Gasteiger partial charge < -0.3 is 0 Å². The molecule has 0 aliphatic carbocycles. The zero-order chi connectivity index (χ0) is 14.3. The van der Waals surface area contributed by atoms with Crippen molar-refractivity contribution in [2.45, 2.75) is 0 Å². The molecule has 20 heavy (non-hydrogen) atoms. The smallest absolute Gasteiger partial charge is 0.0718 e. The Labute approximate surface area is 164 Å². The van der Waals surface area contributed by atoms with Gasteiger partial charge in [-0.25, -0.2) is 0 Å². The molecule has 0 amide bonds. The first-order valence-corrected chi connectivity index (χ1v) is 13.4. The normalized spacial score (nSPS) is 22.5. The average Bonchev–Trinajstić information content (AvgIpc) is 3.09. The van der Waals surface area contributed by atoms with Gasteiger partial charge in [0, 0.05) is 0 Å². The van der Waals surface area contributed by atoms with Crippen molar-refractivity contribution in [2.24, 2.45) is 0 Å². The molecule has 10 heteroatoms. The summed E-state index contributed by atoms with van der Waals surface area (Å²) in [6.07, 6.45) is 4.31. The molecule has 0 fully saturated rings. The van der Waals surface area contributed by atoms with Crippen LogP contribution < -0.4 is 0 Å². The van der Waals surface area contributed by atoms with Gasteiger partial charge >= 0.3 is 0 Å². The molecule has 0 radical (unpaired) electrons. The van der Waals surface area contributed by atoms with Gasteiger partial charge in [-0.1, -0.05) is 70.6 Å². The number of thiol groups is 2. The summed E-state index contributed by atoms with van der Waals surface area (Å²) in [5.74, 6) is 0. The molecule has 0 saturated heterocycles. The van der Waals surface area contributed by atoms with Gasteiger partial charge in [0.1, 0.15) is 0 Å². The lowest BCUT2D eigenvalue weighted by Gasteiger charge is -2.05. The van der Waals surface area contributed by atoms with Crippen LogP contribution in [-0.4, -0.2) is 12.5 Å². The Morgan fingerprint density at radius 2 is 1.10 bits per heavy atom. The number of thioether (sulfide) groups is 8. The molecule has 0 spiro atoms.